The Morgan fingerprint density at radius 3 is 2.65 bits per heavy atom. The minimum atomic E-state index is -0.398. The van der Waals surface area contributed by atoms with Gasteiger partial charge in [-0.25, -0.2) is 29.3 Å². The average Bonchev–Trinajstić information content (AvgIpc) is 3.08. The molecule has 0 amide bonds. The second-order valence-corrected chi connectivity index (χ2v) is 5.51. The summed E-state index contributed by atoms with van der Waals surface area (Å²) in [6.45, 7) is 0. The summed E-state index contributed by atoms with van der Waals surface area (Å²) in [5.74, 6) is 0.0280. The van der Waals surface area contributed by atoms with Gasteiger partial charge in [-0.05, 0) is 36.0 Å². The second-order valence-electron chi connectivity index (χ2n) is 4.50. The smallest absolute Gasteiger partial charge is 0.189 e. The molecule has 0 aromatic carbocycles. The molecule has 7 nitrogen and oxygen atoms in total. The van der Waals surface area contributed by atoms with Crippen LogP contribution in [0.2, 0.25) is 0 Å². The lowest BCUT2D eigenvalue weighted by Crippen LogP contribution is -1.94. The van der Waals surface area contributed by atoms with Crippen molar-refractivity contribution in [2.45, 2.75) is 10.2 Å². The van der Waals surface area contributed by atoms with Gasteiger partial charge in [0.15, 0.2) is 11.0 Å². The van der Waals surface area contributed by atoms with Gasteiger partial charge in [0.05, 0.1) is 17.9 Å². The van der Waals surface area contributed by atoms with Gasteiger partial charge in [-0.15, -0.1) is 0 Å². The first-order valence-corrected chi connectivity index (χ1v) is 7.38. The molecule has 23 heavy (non-hydrogen) atoms. The molecule has 0 radical (unpaired) electrons. The Kier molecular flexibility index (Phi) is 3.39. The minimum Gasteiger partial charge on any atom is -0.254 e. The van der Waals surface area contributed by atoms with Crippen molar-refractivity contribution in [3.8, 4) is 11.5 Å². The van der Waals surface area contributed by atoms with Crippen LogP contribution in [-0.4, -0.2) is 35.1 Å². The maximum Gasteiger partial charge on any atom is 0.189 e. The number of pyridine rings is 2. The zero-order valence-corrected chi connectivity index (χ0v) is 12.3. The molecule has 4 aromatic rings. The van der Waals surface area contributed by atoms with Gasteiger partial charge in [0.25, 0.3) is 0 Å². The molecule has 0 fully saturated rings. The van der Waals surface area contributed by atoms with Gasteiger partial charge in [0.1, 0.15) is 28.4 Å². The molecule has 9 heteroatoms. The van der Waals surface area contributed by atoms with Gasteiger partial charge in [0, 0.05) is 0 Å². The van der Waals surface area contributed by atoms with Crippen molar-refractivity contribution >= 4 is 22.8 Å². The molecule has 0 aliphatic heterocycles. The fourth-order valence-electron chi connectivity index (χ4n) is 1.93. The molecule has 1 N–H and O–H groups in total. The molecule has 0 spiro atoms. The van der Waals surface area contributed by atoms with Crippen LogP contribution in [0, 0.1) is 5.82 Å². The average molecular weight is 325 g/mol. The highest BCUT2D eigenvalue weighted by molar-refractivity contribution is 7.99. The quantitative estimate of drug-likeness (QED) is 0.618. The van der Waals surface area contributed by atoms with Crippen molar-refractivity contribution in [3.63, 3.8) is 0 Å². The zero-order chi connectivity index (χ0) is 15.6. The van der Waals surface area contributed by atoms with Crippen LogP contribution in [0.4, 0.5) is 4.39 Å². The Bertz CT molecular complexity index is 957. The maximum absolute atomic E-state index is 12.9. The van der Waals surface area contributed by atoms with E-state index in [4.69, 9.17) is 0 Å². The van der Waals surface area contributed by atoms with Crippen molar-refractivity contribution in [2.24, 2.45) is 0 Å². The van der Waals surface area contributed by atoms with Crippen LogP contribution in [0.3, 0.4) is 0 Å². The monoisotopic (exact) mass is 325 g/mol. The summed E-state index contributed by atoms with van der Waals surface area (Å²) < 4.78 is 12.9. The van der Waals surface area contributed by atoms with E-state index in [0.717, 1.165) is 11.2 Å². The number of hydrogen-bond acceptors (Lipinski definition) is 7. The van der Waals surface area contributed by atoms with E-state index in [2.05, 4.69) is 35.1 Å². The number of H-pyrrole nitrogens is 1. The lowest BCUT2D eigenvalue weighted by molar-refractivity contribution is 0.621. The number of aromatic amines is 1. The highest BCUT2D eigenvalue weighted by Crippen LogP contribution is 2.24. The van der Waals surface area contributed by atoms with Crippen LogP contribution in [0.25, 0.3) is 22.6 Å². The number of halogens is 1. The van der Waals surface area contributed by atoms with Crippen LogP contribution < -0.4 is 0 Å². The summed E-state index contributed by atoms with van der Waals surface area (Å²) in [6.07, 6.45) is 4.19. The Balaban J connectivity index is 1.68. The molecule has 0 aliphatic rings. The van der Waals surface area contributed by atoms with E-state index in [9.17, 15) is 4.39 Å². The molecule has 0 atom stereocenters. The van der Waals surface area contributed by atoms with Crippen LogP contribution in [0.1, 0.15) is 0 Å². The van der Waals surface area contributed by atoms with Gasteiger partial charge in [-0.1, -0.05) is 0 Å². The standard InChI is InChI=1S/C14H8FN7S/c15-8-1-2-10(16-5-8)13-17-6-11-9(21-13)3-4-12(20-11)23-14-18-7-19-22-14/h1-7H,(H,18,19,22). The fourth-order valence-corrected chi connectivity index (χ4v) is 2.61. The number of fused-ring (bicyclic) bond motifs is 1. The van der Waals surface area contributed by atoms with E-state index >= 15 is 0 Å². The molecular weight excluding hydrogens is 317 g/mol. The third-order valence-electron chi connectivity index (χ3n) is 2.96. The van der Waals surface area contributed by atoms with Crippen molar-refractivity contribution in [1.82, 2.24) is 35.1 Å². The van der Waals surface area contributed by atoms with E-state index in [1.54, 1.807) is 6.20 Å². The van der Waals surface area contributed by atoms with E-state index in [-0.39, 0.29) is 0 Å². The van der Waals surface area contributed by atoms with Crippen LogP contribution in [0.15, 0.2) is 53.2 Å². The van der Waals surface area contributed by atoms with Crippen LogP contribution in [0.5, 0.6) is 0 Å². The number of nitrogens with one attached hydrogen (secondary N) is 1. The Morgan fingerprint density at radius 1 is 0.913 bits per heavy atom. The van der Waals surface area contributed by atoms with E-state index < -0.39 is 5.82 Å². The normalized spacial score (nSPS) is 11.0. The summed E-state index contributed by atoms with van der Waals surface area (Å²) in [5, 5.41) is 7.96. The largest absolute Gasteiger partial charge is 0.254 e. The van der Waals surface area contributed by atoms with Crippen LogP contribution in [-0.2, 0) is 0 Å². The van der Waals surface area contributed by atoms with Crippen LogP contribution >= 0.6 is 11.8 Å². The van der Waals surface area contributed by atoms with Gasteiger partial charge in [-0.2, -0.15) is 5.10 Å². The molecule has 4 aromatic heterocycles. The number of rotatable bonds is 3. The van der Waals surface area contributed by atoms with Crippen molar-refractivity contribution in [2.75, 3.05) is 0 Å². The van der Waals surface area contributed by atoms with Crippen molar-refractivity contribution in [1.29, 1.82) is 0 Å². The topological polar surface area (TPSA) is 93.1 Å². The van der Waals surface area contributed by atoms with Crippen molar-refractivity contribution < 1.29 is 4.39 Å². The van der Waals surface area contributed by atoms with Gasteiger partial charge in [-0.3, -0.25) is 5.10 Å². The highest BCUT2D eigenvalue weighted by Gasteiger charge is 2.08. The van der Waals surface area contributed by atoms with E-state index in [1.807, 2.05) is 12.1 Å². The third-order valence-corrected chi connectivity index (χ3v) is 3.79. The molecule has 4 heterocycles. The predicted molar refractivity (Wildman–Crippen MR) is 81.0 cm³/mol. The van der Waals surface area contributed by atoms with Gasteiger partial charge >= 0.3 is 0 Å². The first-order valence-electron chi connectivity index (χ1n) is 6.57. The second kappa shape index (κ2) is 5.69. The number of aromatic nitrogens is 7. The molecule has 4 rings (SSSR count). The predicted octanol–water partition coefficient (Wildman–Crippen LogP) is 2.50. The Labute approximate surface area is 133 Å². The Hall–Kier alpha value is -2.94. The molecule has 0 aliphatic carbocycles. The summed E-state index contributed by atoms with van der Waals surface area (Å²) in [7, 11) is 0. The summed E-state index contributed by atoms with van der Waals surface area (Å²) in [5.41, 5.74) is 1.84. The van der Waals surface area contributed by atoms with Crippen molar-refractivity contribution in [3.05, 3.63) is 48.8 Å². The van der Waals surface area contributed by atoms with Gasteiger partial charge < -0.3 is 0 Å². The maximum atomic E-state index is 12.9. The number of nitrogens with zero attached hydrogens (tertiary/aromatic N) is 6. The Morgan fingerprint density at radius 2 is 1.87 bits per heavy atom. The summed E-state index contributed by atoms with van der Waals surface area (Å²) in [6, 6.07) is 6.55. The lowest BCUT2D eigenvalue weighted by atomic mass is 10.3. The van der Waals surface area contributed by atoms with E-state index in [0.29, 0.717) is 27.7 Å². The number of hydrogen-bond donors (Lipinski definition) is 1. The SMILES string of the molecule is Fc1ccc(-c2ncc3nc(Sc4ncn[nH]4)ccc3n2)nc1. The molecule has 112 valence electrons. The lowest BCUT2D eigenvalue weighted by Gasteiger charge is -2.03. The third kappa shape index (κ3) is 2.86. The first-order chi connectivity index (χ1) is 11.3. The molecule has 0 unspecified atom stereocenters. The highest BCUT2D eigenvalue weighted by atomic mass is 32.2. The van der Waals surface area contributed by atoms with Gasteiger partial charge in [0.2, 0.25) is 0 Å². The fraction of sp³-hybridized carbons (Fsp3) is 0. The van der Waals surface area contributed by atoms with E-state index in [1.165, 1.54) is 30.2 Å². The first kappa shape index (κ1) is 13.7. The minimum absolute atomic E-state index is 0.398. The molecule has 0 bridgehead atoms. The molecular formula is C14H8FN7S. The molecule has 0 saturated heterocycles. The zero-order valence-electron chi connectivity index (χ0n) is 11.5. The summed E-state index contributed by atoms with van der Waals surface area (Å²) >= 11 is 1.36. The summed E-state index contributed by atoms with van der Waals surface area (Å²) in [4.78, 5) is 21.1. The molecule has 0 saturated carbocycles.